The largest absolute Gasteiger partial charge is 0.381 e. The summed E-state index contributed by atoms with van der Waals surface area (Å²) in [5, 5.41) is 0. The molecule has 0 saturated carbocycles. The van der Waals surface area contributed by atoms with Crippen LogP contribution in [-0.4, -0.2) is 38.3 Å². The lowest BCUT2D eigenvalue weighted by molar-refractivity contribution is 0.173. The van der Waals surface area contributed by atoms with Crippen molar-refractivity contribution in [3.63, 3.8) is 0 Å². The van der Waals surface area contributed by atoms with Crippen molar-refractivity contribution in [1.29, 1.82) is 0 Å². The Hall–Kier alpha value is -0.0800. The number of nitrogens with zero attached hydrogens (tertiary/aromatic N) is 1. The minimum atomic E-state index is 0.846. The van der Waals surface area contributed by atoms with Crippen LogP contribution in [-0.2, 0) is 4.74 Å². The van der Waals surface area contributed by atoms with Gasteiger partial charge in [-0.15, -0.1) is 0 Å². The van der Waals surface area contributed by atoms with E-state index in [0.29, 0.717) is 0 Å². The molecular formula is C8H15NO. The van der Waals surface area contributed by atoms with Crippen LogP contribution in [0.2, 0.25) is 0 Å². The highest BCUT2D eigenvalue weighted by atomic mass is 16.5. The molecule has 0 spiro atoms. The second-order valence-electron chi connectivity index (χ2n) is 3.61. The van der Waals surface area contributed by atoms with Gasteiger partial charge in [-0.25, -0.2) is 0 Å². The highest BCUT2D eigenvalue weighted by molar-refractivity contribution is 4.82. The Balaban J connectivity index is 1.96. The number of fused-ring (bicyclic) bond motifs is 1. The van der Waals surface area contributed by atoms with Crippen molar-refractivity contribution in [2.45, 2.75) is 6.42 Å². The summed E-state index contributed by atoms with van der Waals surface area (Å²) >= 11 is 0. The molecule has 2 rings (SSSR count). The monoisotopic (exact) mass is 141 g/mol. The zero-order valence-corrected chi connectivity index (χ0v) is 6.55. The molecule has 58 valence electrons. The van der Waals surface area contributed by atoms with Gasteiger partial charge in [-0.2, -0.15) is 0 Å². The van der Waals surface area contributed by atoms with Gasteiger partial charge in [0.15, 0.2) is 0 Å². The second kappa shape index (κ2) is 2.51. The minimum absolute atomic E-state index is 0.846. The molecule has 2 fully saturated rings. The first kappa shape index (κ1) is 6.62. The third-order valence-electron chi connectivity index (χ3n) is 2.76. The minimum Gasteiger partial charge on any atom is -0.381 e. The van der Waals surface area contributed by atoms with Gasteiger partial charge in [0, 0.05) is 19.1 Å². The summed E-state index contributed by atoms with van der Waals surface area (Å²) in [7, 11) is 2.20. The molecule has 2 aliphatic rings. The van der Waals surface area contributed by atoms with Crippen LogP contribution in [0.4, 0.5) is 0 Å². The van der Waals surface area contributed by atoms with E-state index in [2.05, 4.69) is 11.9 Å². The van der Waals surface area contributed by atoms with Crippen molar-refractivity contribution in [1.82, 2.24) is 4.90 Å². The molecule has 0 aromatic carbocycles. The molecule has 2 heteroatoms. The fourth-order valence-electron chi connectivity index (χ4n) is 2.04. The van der Waals surface area contributed by atoms with Crippen LogP contribution >= 0.6 is 0 Å². The second-order valence-corrected chi connectivity index (χ2v) is 3.61. The van der Waals surface area contributed by atoms with Crippen LogP contribution in [0.15, 0.2) is 0 Å². The molecule has 0 aromatic heterocycles. The Morgan fingerprint density at radius 2 is 2.10 bits per heavy atom. The van der Waals surface area contributed by atoms with E-state index in [9.17, 15) is 0 Å². The molecule has 2 saturated heterocycles. The molecule has 2 heterocycles. The van der Waals surface area contributed by atoms with Crippen molar-refractivity contribution < 1.29 is 4.74 Å². The molecule has 0 aliphatic carbocycles. The Morgan fingerprint density at radius 1 is 1.30 bits per heavy atom. The molecule has 2 unspecified atom stereocenters. The highest BCUT2D eigenvalue weighted by Crippen LogP contribution is 2.28. The van der Waals surface area contributed by atoms with Crippen LogP contribution in [0, 0.1) is 11.8 Å². The van der Waals surface area contributed by atoms with Crippen LogP contribution in [0.25, 0.3) is 0 Å². The number of rotatable bonds is 0. The summed E-state index contributed by atoms with van der Waals surface area (Å²) in [4.78, 5) is 2.41. The van der Waals surface area contributed by atoms with E-state index in [1.54, 1.807) is 0 Å². The van der Waals surface area contributed by atoms with Gasteiger partial charge < -0.3 is 9.64 Å². The van der Waals surface area contributed by atoms with Gasteiger partial charge in [-0.3, -0.25) is 0 Å². The van der Waals surface area contributed by atoms with Gasteiger partial charge in [0.05, 0.1) is 6.61 Å². The van der Waals surface area contributed by atoms with Gasteiger partial charge in [0.1, 0.15) is 0 Å². The van der Waals surface area contributed by atoms with E-state index in [0.717, 1.165) is 25.0 Å². The molecule has 0 N–H and O–H groups in total. The van der Waals surface area contributed by atoms with Gasteiger partial charge in [0.25, 0.3) is 0 Å². The first-order valence-electron chi connectivity index (χ1n) is 4.12. The van der Waals surface area contributed by atoms with E-state index in [1.807, 2.05) is 0 Å². The van der Waals surface area contributed by atoms with Crippen molar-refractivity contribution in [3.05, 3.63) is 0 Å². The number of hydrogen-bond donors (Lipinski definition) is 0. The predicted octanol–water partition coefficient (Wildman–Crippen LogP) is 0.585. The summed E-state index contributed by atoms with van der Waals surface area (Å²) in [6.45, 7) is 4.56. The summed E-state index contributed by atoms with van der Waals surface area (Å²) in [6.07, 6.45) is 1.35. The lowest BCUT2D eigenvalue weighted by atomic mass is 9.89. The van der Waals surface area contributed by atoms with Crippen LogP contribution in [0.3, 0.4) is 0 Å². The SMILES string of the molecule is CN1CCC2COCC2C1. The quantitative estimate of drug-likeness (QED) is 0.489. The first-order chi connectivity index (χ1) is 4.86. The average molecular weight is 141 g/mol. The first-order valence-corrected chi connectivity index (χ1v) is 4.12. The third-order valence-corrected chi connectivity index (χ3v) is 2.76. The summed E-state index contributed by atoms with van der Waals surface area (Å²) in [5.41, 5.74) is 0. The zero-order valence-electron chi connectivity index (χ0n) is 6.55. The lowest BCUT2D eigenvalue weighted by Crippen LogP contribution is -2.37. The molecule has 2 atom stereocenters. The Kier molecular flexibility index (Phi) is 1.66. The van der Waals surface area contributed by atoms with Gasteiger partial charge in [-0.1, -0.05) is 0 Å². The molecule has 0 aromatic rings. The van der Waals surface area contributed by atoms with Gasteiger partial charge in [-0.05, 0) is 25.9 Å². The molecule has 10 heavy (non-hydrogen) atoms. The maximum absolute atomic E-state index is 5.41. The van der Waals surface area contributed by atoms with E-state index in [-0.39, 0.29) is 0 Å². The standard InChI is InChI=1S/C8H15NO/c1-9-3-2-7-5-10-6-8(7)4-9/h7-8H,2-6H2,1H3. The maximum atomic E-state index is 5.41. The predicted molar refractivity (Wildman–Crippen MR) is 39.9 cm³/mol. The maximum Gasteiger partial charge on any atom is 0.0510 e. The topological polar surface area (TPSA) is 12.5 Å². The molecule has 2 nitrogen and oxygen atoms in total. The van der Waals surface area contributed by atoms with Gasteiger partial charge >= 0.3 is 0 Å². The van der Waals surface area contributed by atoms with Gasteiger partial charge in [0.2, 0.25) is 0 Å². The Bertz CT molecular complexity index is 126. The molecule has 0 amide bonds. The Morgan fingerprint density at radius 3 is 3.00 bits per heavy atom. The van der Waals surface area contributed by atoms with E-state index in [1.165, 1.54) is 19.5 Å². The average Bonchev–Trinajstić information content (AvgIpc) is 2.33. The third kappa shape index (κ3) is 1.06. The number of piperidine rings is 1. The fraction of sp³-hybridized carbons (Fsp3) is 1.00. The number of hydrogen-bond acceptors (Lipinski definition) is 2. The number of ether oxygens (including phenoxy) is 1. The number of likely N-dealkylation sites (tertiary alicyclic amines) is 1. The molecule has 0 radical (unpaired) electrons. The normalized spacial score (nSPS) is 41.7. The Labute approximate surface area is 62.2 Å². The van der Waals surface area contributed by atoms with Crippen molar-refractivity contribution in [3.8, 4) is 0 Å². The van der Waals surface area contributed by atoms with E-state index < -0.39 is 0 Å². The van der Waals surface area contributed by atoms with Crippen molar-refractivity contribution in [2.75, 3.05) is 33.4 Å². The smallest absolute Gasteiger partial charge is 0.0510 e. The van der Waals surface area contributed by atoms with Crippen LogP contribution in [0.1, 0.15) is 6.42 Å². The van der Waals surface area contributed by atoms with E-state index >= 15 is 0 Å². The lowest BCUT2D eigenvalue weighted by Gasteiger charge is -2.30. The molecule has 0 bridgehead atoms. The summed E-state index contributed by atoms with van der Waals surface area (Å²) in [5.74, 6) is 1.73. The molecule has 2 aliphatic heterocycles. The highest BCUT2D eigenvalue weighted by Gasteiger charge is 2.32. The molecular weight excluding hydrogens is 126 g/mol. The van der Waals surface area contributed by atoms with Crippen LogP contribution in [0.5, 0.6) is 0 Å². The summed E-state index contributed by atoms with van der Waals surface area (Å²) in [6, 6.07) is 0. The zero-order chi connectivity index (χ0) is 6.97. The summed E-state index contributed by atoms with van der Waals surface area (Å²) < 4.78 is 5.41. The van der Waals surface area contributed by atoms with Crippen molar-refractivity contribution >= 4 is 0 Å². The van der Waals surface area contributed by atoms with E-state index in [4.69, 9.17) is 4.74 Å². The van der Waals surface area contributed by atoms with Crippen molar-refractivity contribution in [2.24, 2.45) is 11.8 Å². The fourth-order valence-corrected chi connectivity index (χ4v) is 2.04. The van der Waals surface area contributed by atoms with Crippen LogP contribution < -0.4 is 0 Å².